The minimum atomic E-state index is -1.47. The van der Waals surface area contributed by atoms with Crippen LogP contribution in [-0.2, 0) is 4.79 Å². The molecule has 2 rings (SSSR count). The number of aliphatic hydroxyl groups is 1. The third-order valence-electron chi connectivity index (χ3n) is 2.97. The maximum Gasteiger partial charge on any atom is 0.337 e. The van der Waals surface area contributed by atoms with E-state index in [0.717, 1.165) is 17.1 Å². The molecule has 0 aliphatic carbocycles. The van der Waals surface area contributed by atoms with Crippen molar-refractivity contribution in [1.82, 2.24) is 4.57 Å². The SMILES string of the molecule is Cc1ccc(C)n1-c1ccc(C(O)C(=O)O)cc1. The molecule has 4 heteroatoms. The van der Waals surface area contributed by atoms with Gasteiger partial charge >= 0.3 is 5.97 Å². The van der Waals surface area contributed by atoms with Gasteiger partial charge in [0.15, 0.2) is 6.10 Å². The molecule has 18 heavy (non-hydrogen) atoms. The second-order valence-corrected chi connectivity index (χ2v) is 4.28. The lowest BCUT2D eigenvalue weighted by Gasteiger charge is -2.11. The number of carboxylic acid groups (broad SMARTS) is 1. The summed E-state index contributed by atoms with van der Waals surface area (Å²) in [5, 5.41) is 18.1. The monoisotopic (exact) mass is 245 g/mol. The van der Waals surface area contributed by atoms with Gasteiger partial charge in [-0.25, -0.2) is 4.79 Å². The largest absolute Gasteiger partial charge is 0.479 e. The van der Waals surface area contributed by atoms with Crippen molar-refractivity contribution in [3.05, 3.63) is 53.3 Å². The van der Waals surface area contributed by atoms with Gasteiger partial charge in [0.25, 0.3) is 0 Å². The zero-order valence-electron chi connectivity index (χ0n) is 10.3. The Morgan fingerprint density at radius 1 is 1.06 bits per heavy atom. The van der Waals surface area contributed by atoms with E-state index in [1.165, 1.54) is 0 Å². The number of aliphatic hydroxyl groups excluding tert-OH is 1. The first-order valence-electron chi connectivity index (χ1n) is 5.67. The zero-order valence-corrected chi connectivity index (χ0v) is 10.3. The summed E-state index contributed by atoms with van der Waals surface area (Å²) in [4.78, 5) is 10.7. The molecule has 0 saturated heterocycles. The van der Waals surface area contributed by atoms with E-state index in [2.05, 4.69) is 4.57 Å². The van der Waals surface area contributed by atoms with Crippen LogP contribution in [0.5, 0.6) is 0 Å². The van der Waals surface area contributed by atoms with Crippen molar-refractivity contribution in [1.29, 1.82) is 0 Å². The Bertz CT molecular complexity index is 550. The number of aliphatic carboxylic acids is 1. The lowest BCUT2D eigenvalue weighted by Crippen LogP contribution is -2.10. The number of aryl methyl sites for hydroxylation is 2. The van der Waals surface area contributed by atoms with Crippen molar-refractivity contribution in [3.8, 4) is 5.69 Å². The van der Waals surface area contributed by atoms with Crippen LogP contribution in [0.2, 0.25) is 0 Å². The zero-order chi connectivity index (χ0) is 13.3. The first-order chi connectivity index (χ1) is 8.50. The Morgan fingerprint density at radius 3 is 2.00 bits per heavy atom. The summed E-state index contributed by atoms with van der Waals surface area (Å²) in [5.41, 5.74) is 3.56. The molecular weight excluding hydrogens is 230 g/mol. The number of benzene rings is 1. The average molecular weight is 245 g/mol. The van der Waals surface area contributed by atoms with Crippen LogP contribution < -0.4 is 0 Å². The van der Waals surface area contributed by atoms with Gasteiger partial charge in [-0.15, -0.1) is 0 Å². The molecule has 1 unspecified atom stereocenters. The number of rotatable bonds is 3. The fourth-order valence-electron chi connectivity index (χ4n) is 2.02. The van der Waals surface area contributed by atoms with Gasteiger partial charge in [0.1, 0.15) is 0 Å². The molecule has 1 heterocycles. The van der Waals surface area contributed by atoms with E-state index < -0.39 is 12.1 Å². The Labute approximate surface area is 105 Å². The first-order valence-corrected chi connectivity index (χ1v) is 5.67. The van der Waals surface area contributed by atoms with E-state index in [1.54, 1.807) is 12.1 Å². The van der Waals surface area contributed by atoms with E-state index >= 15 is 0 Å². The highest BCUT2D eigenvalue weighted by atomic mass is 16.4. The number of hydrogen-bond donors (Lipinski definition) is 2. The Morgan fingerprint density at radius 2 is 1.56 bits per heavy atom. The normalized spacial score (nSPS) is 12.4. The maximum atomic E-state index is 10.7. The van der Waals surface area contributed by atoms with Gasteiger partial charge in [-0.1, -0.05) is 12.1 Å². The fourth-order valence-corrected chi connectivity index (χ4v) is 2.02. The minimum Gasteiger partial charge on any atom is -0.479 e. The van der Waals surface area contributed by atoms with E-state index in [4.69, 9.17) is 5.11 Å². The van der Waals surface area contributed by atoms with E-state index in [-0.39, 0.29) is 0 Å². The van der Waals surface area contributed by atoms with Gasteiger partial charge in [0, 0.05) is 17.1 Å². The molecule has 4 nitrogen and oxygen atoms in total. The van der Waals surface area contributed by atoms with Crippen LogP contribution in [0.15, 0.2) is 36.4 Å². The Hall–Kier alpha value is -2.07. The van der Waals surface area contributed by atoms with Crippen molar-refractivity contribution in [2.75, 3.05) is 0 Å². The second kappa shape index (κ2) is 4.66. The van der Waals surface area contributed by atoms with Crippen molar-refractivity contribution in [2.45, 2.75) is 20.0 Å². The van der Waals surface area contributed by atoms with E-state index in [0.29, 0.717) is 5.56 Å². The molecule has 0 saturated carbocycles. The number of aromatic nitrogens is 1. The number of nitrogens with zero attached hydrogens (tertiary/aromatic N) is 1. The van der Waals surface area contributed by atoms with E-state index in [1.807, 2.05) is 38.1 Å². The summed E-state index contributed by atoms with van der Waals surface area (Å²) in [6.45, 7) is 4.01. The molecule has 2 N–H and O–H groups in total. The van der Waals surface area contributed by atoms with Crippen LogP contribution in [0.1, 0.15) is 23.1 Å². The smallest absolute Gasteiger partial charge is 0.337 e. The Balaban J connectivity index is 2.36. The van der Waals surface area contributed by atoms with Gasteiger partial charge in [0.05, 0.1) is 0 Å². The lowest BCUT2D eigenvalue weighted by molar-refractivity contribution is -0.146. The van der Waals surface area contributed by atoms with Crippen molar-refractivity contribution >= 4 is 5.97 Å². The predicted molar refractivity (Wildman–Crippen MR) is 67.8 cm³/mol. The van der Waals surface area contributed by atoms with Gasteiger partial charge < -0.3 is 14.8 Å². The molecule has 1 aromatic heterocycles. The molecule has 0 radical (unpaired) electrons. The van der Waals surface area contributed by atoms with Crippen LogP contribution in [0, 0.1) is 13.8 Å². The summed E-state index contributed by atoms with van der Waals surface area (Å²) in [5.74, 6) is -1.24. The van der Waals surface area contributed by atoms with Gasteiger partial charge in [-0.2, -0.15) is 0 Å². The number of carboxylic acids is 1. The summed E-state index contributed by atoms with van der Waals surface area (Å²) in [6.07, 6.45) is -1.47. The van der Waals surface area contributed by atoms with E-state index in [9.17, 15) is 9.90 Å². The molecular formula is C14H15NO3. The van der Waals surface area contributed by atoms with Crippen molar-refractivity contribution in [2.24, 2.45) is 0 Å². The van der Waals surface area contributed by atoms with Gasteiger partial charge in [0.2, 0.25) is 0 Å². The first kappa shape index (κ1) is 12.4. The highest BCUT2D eigenvalue weighted by molar-refractivity contribution is 5.74. The summed E-state index contributed by atoms with van der Waals surface area (Å²) in [7, 11) is 0. The molecule has 0 bridgehead atoms. The van der Waals surface area contributed by atoms with Crippen LogP contribution >= 0.6 is 0 Å². The molecule has 0 amide bonds. The standard InChI is InChI=1S/C14H15NO3/c1-9-3-4-10(2)15(9)12-7-5-11(6-8-12)13(16)14(17)18/h3-8,13,16H,1-2H3,(H,17,18). The van der Waals surface area contributed by atoms with Crippen LogP contribution in [0.4, 0.5) is 0 Å². The third-order valence-corrected chi connectivity index (χ3v) is 2.97. The summed E-state index contributed by atoms with van der Waals surface area (Å²) in [6, 6.07) is 10.9. The topological polar surface area (TPSA) is 62.5 Å². The number of carbonyl (C=O) groups is 1. The quantitative estimate of drug-likeness (QED) is 0.871. The highest BCUT2D eigenvalue weighted by Crippen LogP contribution is 2.19. The number of hydrogen-bond acceptors (Lipinski definition) is 2. The third kappa shape index (κ3) is 2.15. The highest BCUT2D eigenvalue weighted by Gasteiger charge is 2.15. The Kier molecular flexibility index (Phi) is 3.21. The summed E-state index contributed by atoms with van der Waals surface area (Å²) >= 11 is 0. The minimum absolute atomic E-state index is 0.383. The lowest BCUT2D eigenvalue weighted by atomic mass is 10.1. The molecule has 1 atom stereocenters. The molecule has 2 aromatic rings. The van der Waals surface area contributed by atoms with Gasteiger partial charge in [-0.05, 0) is 43.7 Å². The maximum absolute atomic E-state index is 10.7. The predicted octanol–water partition coefficient (Wildman–Crippen LogP) is 2.21. The van der Waals surface area contributed by atoms with Crippen molar-refractivity contribution < 1.29 is 15.0 Å². The summed E-state index contributed by atoms with van der Waals surface area (Å²) < 4.78 is 2.07. The molecule has 0 fully saturated rings. The average Bonchev–Trinajstić information content (AvgIpc) is 2.68. The second-order valence-electron chi connectivity index (χ2n) is 4.28. The molecule has 0 spiro atoms. The van der Waals surface area contributed by atoms with Crippen LogP contribution in [-0.4, -0.2) is 20.7 Å². The van der Waals surface area contributed by atoms with Crippen LogP contribution in [0.3, 0.4) is 0 Å². The molecule has 0 aliphatic rings. The molecule has 1 aromatic carbocycles. The molecule has 0 aliphatic heterocycles. The van der Waals surface area contributed by atoms with Gasteiger partial charge in [-0.3, -0.25) is 0 Å². The van der Waals surface area contributed by atoms with Crippen molar-refractivity contribution in [3.63, 3.8) is 0 Å². The molecule has 94 valence electrons. The fraction of sp³-hybridized carbons (Fsp3) is 0.214. The van der Waals surface area contributed by atoms with Crippen LogP contribution in [0.25, 0.3) is 5.69 Å².